The first-order chi connectivity index (χ1) is 15.3. The van der Waals surface area contributed by atoms with Gasteiger partial charge in [0.05, 0.1) is 4.90 Å². The molecule has 2 N–H and O–H groups in total. The van der Waals surface area contributed by atoms with Crippen molar-refractivity contribution < 1.29 is 28.2 Å². The third-order valence-corrected chi connectivity index (χ3v) is 6.92. The second-order valence-corrected chi connectivity index (χ2v) is 9.09. The van der Waals surface area contributed by atoms with Gasteiger partial charge in [-0.3, -0.25) is 9.88 Å². The molecule has 10 heteroatoms. The van der Waals surface area contributed by atoms with Gasteiger partial charge in [0.15, 0.2) is 0 Å². The van der Waals surface area contributed by atoms with Crippen LogP contribution in [0.1, 0.15) is 5.56 Å². The fraction of sp³-hybridized carbons (Fsp3) is 0.227. The fourth-order valence-electron chi connectivity index (χ4n) is 3.35. The minimum atomic E-state index is -3.45. The van der Waals surface area contributed by atoms with Crippen LogP contribution in [0, 0.1) is 0 Å². The molecular formula is C22H23N3O6S. The Morgan fingerprint density at radius 3 is 2.03 bits per heavy atom. The molecule has 0 aliphatic carbocycles. The molecule has 2 aromatic carbocycles. The summed E-state index contributed by atoms with van der Waals surface area (Å²) in [6.07, 6.45) is 3.57. The average molecular weight is 458 g/mol. The number of piperazine rings is 1. The number of fused-ring (bicyclic) bond motifs is 1. The van der Waals surface area contributed by atoms with Gasteiger partial charge in [-0.15, -0.1) is 0 Å². The van der Waals surface area contributed by atoms with Crippen molar-refractivity contribution in [3.05, 3.63) is 72.6 Å². The molecule has 168 valence electrons. The Bertz CT molecular complexity index is 1180. The molecule has 0 amide bonds. The number of sulfonamides is 1. The van der Waals surface area contributed by atoms with Gasteiger partial charge in [0.2, 0.25) is 10.0 Å². The highest BCUT2D eigenvalue weighted by Gasteiger charge is 2.28. The Kier molecular flexibility index (Phi) is 7.52. The van der Waals surface area contributed by atoms with E-state index in [0.29, 0.717) is 18.0 Å². The summed E-state index contributed by atoms with van der Waals surface area (Å²) in [6, 6.07) is 17.2. The lowest BCUT2D eigenvalue weighted by atomic mass is 10.1. The van der Waals surface area contributed by atoms with Gasteiger partial charge < -0.3 is 10.2 Å². The summed E-state index contributed by atoms with van der Waals surface area (Å²) in [5, 5.41) is 16.8. The molecule has 1 aromatic heterocycles. The fourth-order valence-corrected chi connectivity index (χ4v) is 4.81. The van der Waals surface area contributed by atoms with E-state index in [0.717, 1.165) is 30.4 Å². The van der Waals surface area contributed by atoms with E-state index in [4.69, 9.17) is 19.8 Å². The molecule has 0 unspecified atom stereocenters. The van der Waals surface area contributed by atoms with Crippen LogP contribution in [0.3, 0.4) is 0 Å². The molecule has 1 aliphatic heterocycles. The molecule has 32 heavy (non-hydrogen) atoms. The number of hydrogen-bond donors (Lipinski definition) is 2. The minimum absolute atomic E-state index is 0.374. The lowest BCUT2D eigenvalue weighted by Crippen LogP contribution is -2.48. The Morgan fingerprint density at radius 2 is 1.44 bits per heavy atom. The maximum atomic E-state index is 13.0. The summed E-state index contributed by atoms with van der Waals surface area (Å²) in [5.41, 5.74) is 1.20. The number of rotatable bonds is 4. The molecule has 1 fully saturated rings. The van der Waals surface area contributed by atoms with E-state index in [9.17, 15) is 8.42 Å². The molecule has 0 radical (unpaired) electrons. The molecule has 1 aliphatic rings. The van der Waals surface area contributed by atoms with Gasteiger partial charge in [-0.25, -0.2) is 18.0 Å². The van der Waals surface area contributed by atoms with Crippen LogP contribution < -0.4 is 0 Å². The molecule has 1 saturated heterocycles. The van der Waals surface area contributed by atoms with Crippen LogP contribution in [-0.4, -0.2) is 70.9 Å². The number of carboxylic acid groups (broad SMARTS) is 2. The van der Waals surface area contributed by atoms with E-state index in [-0.39, 0.29) is 0 Å². The first-order valence-corrected chi connectivity index (χ1v) is 11.3. The molecular weight excluding hydrogens is 434 g/mol. The zero-order valence-corrected chi connectivity index (χ0v) is 18.0. The van der Waals surface area contributed by atoms with Crippen LogP contribution >= 0.6 is 0 Å². The molecule has 0 spiro atoms. The third-order valence-electron chi connectivity index (χ3n) is 5.03. The van der Waals surface area contributed by atoms with Gasteiger partial charge in [0.25, 0.3) is 0 Å². The van der Waals surface area contributed by atoms with E-state index in [2.05, 4.69) is 9.88 Å². The van der Waals surface area contributed by atoms with Crippen molar-refractivity contribution in [2.75, 3.05) is 26.2 Å². The maximum absolute atomic E-state index is 13.0. The molecule has 0 saturated carbocycles. The Hall–Kier alpha value is -3.34. The summed E-state index contributed by atoms with van der Waals surface area (Å²) in [6.45, 7) is 3.32. The van der Waals surface area contributed by atoms with Gasteiger partial charge in [0, 0.05) is 45.1 Å². The number of pyridine rings is 1. The smallest absolute Gasteiger partial charge is 0.414 e. The molecule has 3 aromatic rings. The third kappa shape index (κ3) is 5.88. The van der Waals surface area contributed by atoms with E-state index in [1.54, 1.807) is 28.8 Å². The zero-order valence-electron chi connectivity index (χ0n) is 17.2. The van der Waals surface area contributed by atoms with Gasteiger partial charge in [0.1, 0.15) is 0 Å². The number of benzene rings is 2. The largest absolute Gasteiger partial charge is 0.473 e. The van der Waals surface area contributed by atoms with Crippen molar-refractivity contribution in [1.29, 1.82) is 0 Å². The van der Waals surface area contributed by atoms with Gasteiger partial charge in [-0.1, -0.05) is 30.3 Å². The molecule has 4 rings (SSSR count). The lowest BCUT2D eigenvalue weighted by molar-refractivity contribution is -0.159. The normalized spacial score (nSPS) is 15.0. The van der Waals surface area contributed by atoms with Crippen molar-refractivity contribution >= 4 is 32.7 Å². The predicted octanol–water partition coefficient (Wildman–Crippen LogP) is 1.90. The summed E-state index contributed by atoms with van der Waals surface area (Å²) in [5.74, 6) is -3.65. The van der Waals surface area contributed by atoms with E-state index in [1.807, 2.05) is 42.5 Å². The Labute approximate surface area is 185 Å². The first-order valence-electron chi connectivity index (χ1n) is 9.84. The van der Waals surface area contributed by atoms with Crippen molar-refractivity contribution in [2.45, 2.75) is 11.4 Å². The van der Waals surface area contributed by atoms with Crippen molar-refractivity contribution in [3.63, 3.8) is 0 Å². The van der Waals surface area contributed by atoms with Crippen LogP contribution in [0.4, 0.5) is 0 Å². The second-order valence-electron chi connectivity index (χ2n) is 7.15. The summed E-state index contributed by atoms with van der Waals surface area (Å²) in [4.78, 5) is 24.9. The van der Waals surface area contributed by atoms with Crippen LogP contribution in [0.2, 0.25) is 0 Å². The standard InChI is InChI=1S/C20H21N3O2S.C2H2O4/c24-26(25,20-6-5-18-3-1-2-4-19(18)15-20)23-13-11-22(12-14-23)16-17-7-9-21-10-8-17;3-1(4)2(5)6/h1-10,15H,11-14,16H2;(H,3,4)(H,5,6). The number of aromatic nitrogens is 1. The average Bonchev–Trinajstić information content (AvgIpc) is 2.80. The van der Waals surface area contributed by atoms with E-state index in [1.165, 1.54) is 5.56 Å². The first kappa shape index (κ1) is 23.3. The highest BCUT2D eigenvalue weighted by Crippen LogP contribution is 2.23. The minimum Gasteiger partial charge on any atom is -0.473 e. The predicted molar refractivity (Wildman–Crippen MR) is 117 cm³/mol. The van der Waals surface area contributed by atoms with Gasteiger partial charge in [-0.05, 0) is 40.6 Å². The van der Waals surface area contributed by atoms with Crippen LogP contribution in [0.25, 0.3) is 10.8 Å². The number of carboxylic acids is 2. The summed E-state index contributed by atoms with van der Waals surface area (Å²) < 4.78 is 27.6. The molecule has 0 atom stereocenters. The number of nitrogens with zero attached hydrogens (tertiary/aromatic N) is 3. The zero-order chi connectivity index (χ0) is 23.1. The Morgan fingerprint density at radius 1 is 0.844 bits per heavy atom. The van der Waals surface area contributed by atoms with Crippen LogP contribution in [0.5, 0.6) is 0 Å². The topological polar surface area (TPSA) is 128 Å². The van der Waals surface area contributed by atoms with Crippen LogP contribution in [0.15, 0.2) is 71.9 Å². The summed E-state index contributed by atoms with van der Waals surface area (Å²) >= 11 is 0. The van der Waals surface area contributed by atoms with Crippen LogP contribution in [-0.2, 0) is 26.2 Å². The highest BCUT2D eigenvalue weighted by atomic mass is 32.2. The quantitative estimate of drug-likeness (QED) is 0.569. The molecule has 0 bridgehead atoms. The van der Waals surface area contributed by atoms with E-state index >= 15 is 0 Å². The van der Waals surface area contributed by atoms with Crippen molar-refractivity contribution in [2.24, 2.45) is 0 Å². The van der Waals surface area contributed by atoms with E-state index < -0.39 is 22.0 Å². The molecule has 9 nitrogen and oxygen atoms in total. The van der Waals surface area contributed by atoms with Gasteiger partial charge in [-0.2, -0.15) is 4.31 Å². The number of carbonyl (C=O) groups is 2. The van der Waals surface area contributed by atoms with Crippen molar-refractivity contribution in [3.8, 4) is 0 Å². The van der Waals surface area contributed by atoms with Crippen molar-refractivity contribution in [1.82, 2.24) is 14.2 Å². The number of aliphatic carboxylic acids is 2. The Balaban J connectivity index is 0.000000427. The molecule has 2 heterocycles. The highest BCUT2D eigenvalue weighted by molar-refractivity contribution is 7.89. The summed E-state index contributed by atoms with van der Waals surface area (Å²) in [7, 11) is -3.45. The monoisotopic (exact) mass is 457 g/mol. The maximum Gasteiger partial charge on any atom is 0.414 e. The number of hydrogen-bond acceptors (Lipinski definition) is 6. The second kappa shape index (κ2) is 10.3. The SMILES string of the molecule is O=C(O)C(=O)O.O=S(=O)(c1ccc2ccccc2c1)N1CCN(Cc2ccncc2)CC1. The lowest BCUT2D eigenvalue weighted by Gasteiger charge is -2.34. The van der Waals surface area contributed by atoms with Gasteiger partial charge >= 0.3 is 11.9 Å².